The predicted molar refractivity (Wildman–Crippen MR) is 73.7 cm³/mol. The molecule has 3 nitrogen and oxygen atoms in total. The van der Waals surface area contributed by atoms with Crippen molar-refractivity contribution < 1.29 is 4.74 Å². The zero-order valence-corrected chi connectivity index (χ0v) is 10.9. The van der Waals surface area contributed by atoms with Crippen molar-refractivity contribution in [3.05, 3.63) is 36.0 Å². The fourth-order valence-electron chi connectivity index (χ4n) is 1.58. The van der Waals surface area contributed by atoms with Gasteiger partial charge in [-0.2, -0.15) is 0 Å². The van der Waals surface area contributed by atoms with E-state index in [9.17, 15) is 0 Å². The lowest BCUT2D eigenvalue weighted by atomic mass is 10.2. The molecule has 0 atom stereocenters. The number of ether oxygens (including phenoxy) is 1. The number of hydrogen-bond acceptors (Lipinski definition) is 3. The Kier molecular flexibility index (Phi) is 3.24. The summed E-state index contributed by atoms with van der Waals surface area (Å²) in [6.45, 7) is 0. The van der Waals surface area contributed by atoms with Crippen molar-refractivity contribution in [1.29, 1.82) is 0 Å². The summed E-state index contributed by atoms with van der Waals surface area (Å²) in [4.78, 5) is 7.15. The molecule has 0 saturated carbocycles. The molecule has 0 spiro atoms. The maximum Gasteiger partial charge on any atom is 0.127 e. The zero-order chi connectivity index (χ0) is 12.4. The Labute approximate surface area is 106 Å². The number of benzene rings is 1. The van der Waals surface area contributed by atoms with Gasteiger partial charge in [0.15, 0.2) is 0 Å². The molecule has 2 rings (SSSR count). The van der Waals surface area contributed by atoms with Gasteiger partial charge in [-0.15, -0.1) is 0 Å². The van der Waals surface area contributed by atoms with Crippen molar-refractivity contribution in [3.63, 3.8) is 0 Å². The van der Waals surface area contributed by atoms with Gasteiger partial charge < -0.3 is 9.64 Å². The average Bonchev–Trinajstić information content (AvgIpc) is 2.36. The molecule has 1 aromatic carbocycles. The molecule has 0 bridgehead atoms. The third kappa shape index (κ3) is 2.36. The van der Waals surface area contributed by atoms with Gasteiger partial charge in [0.05, 0.1) is 18.3 Å². The van der Waals surface area contributed by atoms with Crippen LogP contribution in [0.15, 0.2) is 30.3 Å². The highest BCUT2D eigenvalue weighted by Gasteiger charge is 2.06. The molecular formula is C13H14N2OS. The summed E-state index contributed by atoms with van der Waals surface area (Å²) in [5.41, 5.74) is 1.75. The lowest BCUT2D eigenvalue weighted by Gasteiger charge is -2.13. The summed E-state index contributed by atoms with van der Waals surface area (Å²) >= 11 is 5.29. The standard InChI is InChI=1S/C13H14N2OS/c1-15(2)13(17)12-6-4-9-8-10(16-3)5-7-11(9)14-12/h4-8H,1-3H3. The SMILES string of the molecule is COc1ccc2nc(C(=S)N(C)C)ccc2c1. The molecule has 2 aromatic rings. The summed E-state index contributed by atoms with van der Waals surface area (Å²) in [5, 5.41) is 1.05. The van der Waals surface area contributed by atoms with Gasteiger partial charge >= 0.3 is 0 Å². The van der Waals surface area contributed by atoms with Crippen LogP contribution in [-0.4, -0.2) is 36.1 Å². The maximum atomic E-state index is 5.29. The monoisotopic (exact) mass is 246 g/mol. The number of thiocarbonyl (C=S) groups is 1. The van der Waals surface area contributed by atoms with Gasteiger partial charge in [-0.3, -0.25) is 0 Å². The van der Waals surface area contributed by atoms with Gasteiger partial charge in [0.2, 0.25) is 0 Å². The maximum absolute atomic E-state index is 5.29. The van der Waals surface area contributed by atoms with E-state index in [1.807, 2.05) is 49.3 Å². The summed E-state index contributed by atoms with van der Waals surface area (Å²) in [5.74, 6) is 0.835. The van der Waals surface area contributed by atoms with Crippen molar-refractivity contribution in [2.75, 3.05) is 21.2 Å². The molecule has 0 unspecified atom stereocenters. The molecule has 0 aliphatic heterocycles. The average molecular weight is 246 g/mol. The van der Waals surface area contributed by atoms with Crippen molar-refractivity contribution in [2.45, 2.75) is 0 Å². The van der Waals surface area contributed by atoms with Gasteiger partial charge in [-0.25, -0.2) is 4.98 Å². The van der Waals surface area contributed by atoms with Crippen LogP contribution in [0.3, 0.4) is 0 Å². The Morgan fingerprint density at radius 2 is 2.00 bits per heavy atom. The summed E-state index contributed by atoms with van der Waals surface area (Å²) in [7, 11) is 5.49. The van der Waals surface area contributed by atoms with Gasteiger partial charge in [0, 0.05) is 19.5 Å². The van der Waals surface area contributed by atoms with E-state index in [4.69, 9.17) is 17.0 Å². The third-order valence-corrected chi connectivity index (χ3v) is 3.10. The lowest BCUT2D eigenvalue weighted by Crippen LogP contribution is -2.21. The fraction of sp³-hybridized carbons (Fsp3) is 0.231. The van der Waals surface area contributed by atoms with E-state index in [0.29, 0.717) is 0 Å². The fourth-order valence-corrected chi connectivity index (χ4v) is 1.69. The van der Waals surface area contributed by atoms with Crippen LogP contribution >= 0.6 is 12.2 Å². The number of rotatable bonds is 2. The van der Waals surface area contributed by atoms with E-state index in [1.165, 1.54) is 0 Å². The smallest absolute Gasteiger partial charge is 0.127 e. The molecule has 0 aliphatic carbocycles. The molecule has 0 amide bonds. The Balaban J connectivity index is 2.48. The molecule has 0 N–H and O–H groups in total. The molecule has 0 aliphatic rings. The van der Waals surface area contributed by atoms with E-state index in [-0.39, 0.29) is 0 Å². The first-order valence-electron chi connectivity index (χ1n) is 5.28. The lowest BCUT2D eigenvalue weighted by molar-refractivity contribution is 0.415. The highest BCUT2D eigenvalue weighted by molar-refractivity contribution is 7.80. The van der Waals surface area contributed by atoms with Crippen molar-refractivity contribution in [3.8, 4) is 5.75 Å². The topological polar surface area (TPSA) is 25.4 Å². The van der Waals surface area contributed by atoms with Gasteiger partial charge in [-0.1, -0.05) is 18.3 Å². The summed E-state index contributed by atoms with van der Waals surface area (Å²) < 4.78 is 5.18. The van der Waals surface area contributed by atoms with Crippen molar-refractivity contribution in [1.82, 2.24) is 9.88 Å². The predicted octanol–water partition coefficient (Wildman–Crippen LogP) is 2.48. The number of pyridine rings is 1. The Hall–Kier alpha value is -1.68. The van der Waals surface area contributed by atoms with Gasteiger partial charge in [-0.05, 0) is 24.3 Å². The minimum atomic E-state index is 0.739. The molecule has 0 saturated heterocycles. The molecule has 0 fully saturated rings. The van der Waals surface area contributed by atoms with Crippen LogP contribution in [0.2, 0.25) is 0 Å². The van der Waals surface area contributed by atoms with Crippen LogP contribution in [0.5, 0.6) is 5.75 Å². The minimum absolute atomic E-state index is 0.739. The molecule has 4 heteroatoms. The van der Waals surface area contributed by atoms with Crippen LogP contribution in [0.1, 0.15) is 5.69 Å². The van der Waals surface area contributed by atoms with Gasteiger partial charge in [0.1, 0.15) is 10.7 Å². The zero-order valence-electron chi connectivity index (χ0n) is 10.1. The molecule has 0 radical (unpaired) electrons. The van der Waals surface area contributed by atoms with E-state index in [2.05, 4.69) is 4.98 Å². The number of methoxy groups -OCH3 is 1. The molecular weight excluding hydrogens is 232 g/mol. The first-order valence-corrected chi connectivity index (χ1v) is 5.69. The highest BCUT2D eigenvalue weighted by atomic mass is 32.1. The summed E-state index contributed by atoms with van der Waals surface area (Å²) in [6, 6.07) is 9.75. The van der Waals surface area contributed by atoms with Crippen LogP contribution in [0.4, 0.5) is 0 Å². The largest absolute Gasteiger partial charge is 0.497 e. The second-order valence-electron chi connectivity index (χ2n) is 3.95. The molecule has 1 heterocycles. The van der Waals surface area contributed by atoms with E-state index >= 15 is 0 Å². The van der Waals surface area contributed by atoms with E-state index in [1.54, 1.807) is 7.11 Å². The second kappa shape index (κ2) is 4.67. The van der Waals surface area contributed by atoms with Gasteiger partial charge in [0.25, 0.3) is 0 Å². The summed E-state index contributed by atoms with van der Waals surface area (Å²) in [6.07, 6.45) is 0. The number of fused-ring (bicyclic) bond motifs is 1. The first-order chi connectivity index (χ1) is 8.11. The minimum Gasteiger partial charge on any atom is -0.497 e. The van der Waals surface area contributed by atoms with E-state index < -0.39 is 0 Å². The number of hydrogen-bond donors (Lipinski definition) is 0. The highest BCUT2D eigenvalue weighted by Crippen LogP contribution is 2.19. The third-order valence-electron chi connectivity index (χ3n) is 2.52. The molecule has 1 aromatic heterocycles. The first kappa shape index (κ1) is 11.8. The molecule has 17 heavy (non-hydrogen) atoms. The van der Waals surface area contributed by atoms with Crippen molar-refractivity contribution in [2.24, 2.45) is 0 Å². The Morgan fingerprint density at radius 3 is 2.65 bits per heavy atom. The van der Waals surface area contributed by atoms with Crippen LogP contribution in [-0.2, 0) is 0 Å². The van der Waals surface area contributed by atoms with Crippen LogP contribution < -0.4 is 4.74 Å². The quantitative estimate of drug-likeness (QED) is 0.760. The van der Waals surface area contributed by atoms with E-state index in [0.717, 1.165) is 27.3 Å². The van der Waals surface area contributed by atoms with Crippen LogP contribution in [0, 0.1) is 0 Å². The number of aromatic nitrogens is 1. The normalized spacial score (nSPS) is 10.3. The second-order valence-corrected chi connectivity index (χ2v) is 4.34. The van der Waals surface area contributed by atoms with Crippen molar-refractivity contribution >= 4 is 28.1 Å². The number of nitrogens with zero attached hydrogens (tertiary/aromatic N) is 2. The molecule has 88 valence electrons. The Morgan fingerprint density at radius 1 is 1.24 bits per heavy atom. The Bertz CT molecular complexity index is 566. The van der Waals surface area contributed by atoms with Crippen LogP contribution in [0.25, 0.3) is 10.9 Å².